The first kappa shape index (κ1) is 17.6. The third-order valence-electron chi connectivity index (χ3n) is 3.79. The van der Waals surface area contributed by atoms with Gasteiger partial charge in [-0.2, -0.15) is 0 Å². The fraction of sp³-hybridized carbons (Fsp3) is 0.125. The van der Waals surface area contributed by atoms with Gasteiger partial charge in [-0.25, -0.2) is 19.2 Å². The van der Waals surface area contributed by atoms with Crippen LogP contribution >= 0.6 is 11.6 Å². The third-order valence-corrected chi connectivity index (χ3v) is 4.11. The molecular formula is C16H13ClFN5O3. The highest BCUT2D eigenvalue weighted by atomic mass is 35.5. The van der Waals surface area contributed by atoms with Crippen LogP contribution in [0.1, 0.15) is 21.7 Å². The van der Waals surface area contributed by atoms with E-state index in [9.17, 15) is 14.0 Å². The summed E-state index contributed by atoms with van der Waals surface area (Å²) >= 11 is 5.90. The number of benzene rings is 1. The molecule has 3 aromatic rings. The summed E-state index contributed by atoms with van der Waals surface area (Å²) in [4.78, 5) is 31.5. The van der Waals surface area contributed by atoms with E-state index in [4.69, 9.17) is 21.8 Å². The maximum absolute atomic E-state index is 14.3. The molecule has 0 aliphatic heterocycles. The molecule has 3 amide bonds. The normalized spacial score (nSPS) is 10.8. The van der Waals surface area contributed by atoms with E-state index in [1.54, 1.807) is 13.8 Å². The summed E-state index contributed by atoms with van der Waals surface area (Å²) < 4.78 is 19.8. The molecule has 8 nitrogen and oxygen atoms in total. The van der Waals surface area contributed by atoms with Crippen LogP contribution in [0.4, 0.5) is 20.7 Å². The van der Waals surface area contributed by atoms with E-state index in [-0.39, 0.29) is 16.5 Å². The molecule has 0 saturated carbocycles. The second-order valence-electron chi connectivity index (χ2n) is 5.41. The van der Waals surface area contributed by atoms with Crippen LogP contribution in [0.2, 0.25) is 5.02 Å². The lowest BCUT2D eigenvalue weighted by Crippen LogP contribution is -2.22. The number of aryl methyl sites for hydroxylation is 2. The molecule has 0 atom stereocenters. The monoisotopic (exact) mass is 377 g/mol. The first-order valence-corrected chi connectivity index (χ1v) is 7.74. The summed E-state index contributed by atoms with van der Waals surface area (Å²) in [5, 5.41) is 5.18. The Morgan fingerprint density at radius 2 is 1.96 bits per heavy atom. The number of hydrogen-bond donors (Lipinski definition) is 3. The number of furan rings is 1. The van der Waals surface area contributed by atoms with Crippen LogP contribution in [0.5, 0.6) is 0 Å². The lowest BCUT2D eigenvalue weighted by molar-refractivity contribution is 0.0996. The molecule has 0 radical (unpaired) electrons. The van der Waals surface area contributed by atoms with Crippen molar-refractivity contribution in [2.75, 3.05) is 10.6 Å². The Balaban J connectivity index is 1.92. The minimum atomic E-state index is -1.02. The van der Waals surface area contributed by atoms with Gasteiger partial charge in [0.15, 0.2) is 5.82 Å². The van der Waals surface area contributed by atoms with Gasteiger partial charge in [-0.1, -0.05) is 11.6 Å². The molecule has 0 bridgehead atoms. The molecule has 1 aromatic carbocycles. The molecule has 3 rings (SSSR count). The van der Waals surface area contributed by atoms with Crippen LogP contribution in [0.3, 0.4) is 0 Å². The largest absolute Gasteiger partial charge is 0.443 e. The summed E-state index contributed by atoms with van der Waals surface area (Å²) in [5.41, 5.74) is 5.40. The number of amides is 3. The smallest absolute Gasteiger partial charge is 0.324 e. The number of fused-ring (bicyclic) bond motifs is 1. The highest BCUT2D eigenvalue weighted by Crippen LogP contribution is 2.30. The van der Waals surface area contributed by atoms with Gasteiger partial charge in [-0.05, 0) is 26.0 Å². The van der Waals surface area contributed by atoms with Gasteiger partial charge in [-0.15, -0.1) is 0 Å². The minimum absolute atomic E-state index is 0.0918. The number of aromatic nitrogens is 2. The molecular weight excluding hydrogens is 365 g/mol. The zero-order chi connectivity index (χ0) is 19.0. The SMILES string of the molecule is Cc1oc2ncnc(NC(=O)Nc3c(Cl)ccc(C(N)=O)c3F)c2c1C. The highest BCUT2D eigenvalue weighted by molar-refractivity contribution is 6.34. The number of rotatable bonds is 3. The van der Waals surface area contributed by atoms with Crippen molar-refractivity contribution < 1.29 is 18.4 Å². The fourth-order valence-corrected chi connectivity index (χ4v) is 2.58. The van der Waals surface area contributed by atoms with Crippen molar-refractivity contribution in [3.63, 3.8) is 0 Å². The van der Waals surface area contributed by atoms with Crippen LogP contribution in [-0.2, 0) is 0 Å². The Labute approximate surface area is 151 Å². The van der Waals surface area contributed by atoms with Crippen LogP contribution in [0, 0.1) is 19.7 Å². The number of primary amides is 1. The van der Waals surface area contributed by atoms with Crippen molar-refractivity contribution in [1.29, 1.82) is 0 Å². The second-order valence-corrected chi connectivity index (χ2v) is 5.82. The molecule has 2 aromatic heterocycles. The Morgan fingerprint density at radius 3 is 2.65 bits per heavy atom. The average Bonchev–Trinajstić information content (AvgIpc) is 2.86. The number of urea groups is 1. The Hall–Kier alpha value is -3.20. The summed E-state index contributed by atoms with van der Waals surface area (Å²) in [6.07, 6.45) is 1.22. The third kappa shape index (κ3) is 3.04. The summed E-state index contributed by atoms with van der Waals surface area (Å²) in [6.45, 7) is 3.55. The maximum Gasteiger partial charge on any atom is 0.324 e. The molecule has 0 saturated heterocycles. The lowest BCUT2D eigenvalue weighted by Gasteiger charge is -2.11. The quantitative estimate of drug-likeness (QED) is 0.645. The van der Waals surface area contributed by atoms with E-state index in [0.717, 1.165) is 11.6 Å². The van der Waals surface area contributed by atoms with Gasteiger partial charge >= 0.3 is 6.03 Å². The van der Waals surface area contributed by atoms with E-state index >= 15 is 0 Å². The van der Waals surface area contributed by atoms with Crippen LogP contribution in [0.25, 0.3) is 11.1 Å². The van der Waals surface area contributed by atoms with Crippen molar-refractivity contribution in [2.45, 2.75) is 13.8 Å². The molecule has 4 N–H and O–H groups in total. The standard InChI is InChI=1S/C16H13ClFN5O3/c1-6-7(2)26-15-10(6)14(20-5-21-15)23-16(25)22-12-9(17)4-3-8(11(12)18)13(19)24/h3-5H,1-2H3,(H2,19,24)(H2,20,21,22,23,25). The number of carbonyl (C=O) groups is 2. The van der Waals surface area contributed by atoms with E-state index in [1.807, 2.05) is 0 Å². The van der Waals surface area contributed by atoms with E-state index in [1.165, 1.54) is 12.4 Å². The molecule has 134 valence electrons. The summed E-state index contributed by atoms with van der Waals surface area (Å²) in [6, 6.07) is 1.58. The number of carbonyl (C=O) groups excluding carboxylic acids is 2. The van der Waals surface area contributed by atoms with Crippen LogP contribution in [0.15, 0.2) is 22.9 Å². The number of nitrogens with two attached hydrogens (primary N) is 1. The molecule has 2 heterocycles. The predicted molar refractivity (Wildman–Crippen MR) is 93.8 cm³/mol. The van der Waals surface area contributed by atoms with E-state index < -0.39 is 23.3 Å². The van der Waals surface area contributed by atoms with Crippen molar-refractivity contribution in [2.24, 2.45) is 5.73 Å². The van der Waals surface area contributed by atoms with Gasteiger partial charge in [0.1, 0.15) is 17.9 Å². The summed E-state index contributed by atoms with van der Waals surface area (Å²) in [5.74, 6) is -1.19. The van der Waals surface area contributed by atoms with Crippen molar-refractivity contribution in [3.8, 4) is 0 Å². The number of nitrogens with one attached hydrogen (secondary N) is 2. The zero-order valence-corrected chi connectivity index (χ0v) is 14.4. The minimum Gasteiger partial charge on any atom is -0.443 e. The first-order valence-electron chi connectivity index (χ1n) is 7.36. The van der Waals surface area contributed by atoms with Gasteiger partial charge in [0.25, 0.3) is 5.91 Å². The molecule has 10 heteroatoms. The molecule has 0 unspecified atom stereocenters. The average molecular weight is 378 g/mol. The van der Waals surface area contributed by atoms with Crippen molar-refractivity contribution >= 4 is 46.1 Å². The van der Waals surface area contributed by atoms with Gasteiger partial charge in [0.05, 0.1) is 21.7 Å². The first-order chi connectivity index (χ1) is 12.3. The molecule has 0 spiro atoms. The van der Waals surface area contributed by atoms with Gasteiger partial charge in [0, 0.05) is 5.56 Å². The van der Waals surface area contributed by atoms with Gasteiger partial charge in [0.2, 0.25) is 5.71 Å². The van der Waals surface area contributed by atoms with Crippen molar-refractivity contribution in [1.82, 2.24) is 9.97 Å². The zero-order valence-electron chi connectivity index (χ0n) is 13.7. The lowest BCUT2D eigenvalue weighted by atomic mass is 10.1. The molecule has 0 aliphatic carbocycles. The van der Waals surface area contributed by atoms with E-state index in [0.29, 0.717) is 16.9 Å². The topological polar surface area (TPSA) is 123 Å². The summed E-state index contributed by atoms with van der Waals surface area (Å²) in [7, 11) is 0. The number of anilines is 2. The van der Waals surface area contributed by atoms with Gasteiger partial charge < -0.3 is 15.5 Å². The predicted octanol–water partition coefficient (Wildman–Crippen LogP) is 3.38. The second kappa shape index (κ2) is 6.60. The Bertz CT molecular complexity index is 1050. The number of nitrogens with zero attached hydrogens (tertiary/aromatic N) is 2. The van der Waals surface area contributed by atoms with Crippen molar-refractivity contribution in [3.05, 3.63) is 46.2 Å². The molecule has 0 aliphatic rings. The number of hydrogen-bond acceptors (Lipinski definition) is 5. The maximum atomic E-state index is 14.3. The molecule has 0 fully saturated rings. The number of halogens is 2. The highest BCUT2D eigenvalue weighted by Gasteiger charge is 2.20. The fourth-order valence-electron chi connectivity index (χ4n) is 2.39. The van der Waals surface area contributed by atoms with Crippen LogP contribution in [-0.4, -0.2) is 21.9 Å². The van der Waals surface area contributed by atoms with Crippen LogP contribution < -0.4 is 16.4 Å². The Kier molecular flexibility index (Phi) is 4.47. The Morgan fingerprint density at radius 1 is 1.23 bits per heavy atom. The molecule has 26 heavy (non-hydrogen) atoms. The van der Waals surface area contributed by atoms with Gasteiger partial charge in [-0.3, -0.25) is 10.1 Å². The van der Waals surface area contributed by atoms with E-state index in [2.05, 4.69) is 20.6 Å².